The molecule has 2 aromatic carbocycles. The van der Waals surface area contributed by atoms with Crippen molar-refractivity contribution in [2.24, 2.45) is 0 Å². The van der Waals surface area contributed by atoms with Crippen LogP contribution in [0, 0.1) is 0 Å². The topological polar surface area (TPSA) is 175 Å². The minimum Gasteiger partial charge on any atom is -0.446 e. The number of Topliss-reactive ketones (excluding diaryl/α,β-unsaturated/α-hetero) is 1. The number of rotatable bonds is 10. The molecule has 0 bridgehead atoms. The normalized spacial score (nSPS) is 21.9. The number of alkyl carbamates (subject to hydrolysis) is 2. The number of nitrogens with one attached hydrogen (secondary N) is 6. The van der Waals surface area contributed by atoms with Crippen LogP contribution in [0.3, 0.4) is 0 Å². The van der Waals surface area contributed by atoms with Crippen LogP contribution in [0.5, 0.6) is 0 Å². The van der Waals surface area contributed by atoms with Gasteiger partial charge in [0.2, 0.25) is 0 Å². The average molecular weight is 815 g/mol. The third-order valence-corrected chi connectivity index (χ3v) is 11.4. The number of halogens is 2. The third kappa shape index (κ3) is 11.4. The molecule has 2 amide bonds. The first kappa shape index (κ1) is 41.7. The molecule has 4 atom stereocenters. The van der Waals surface area contributed by atoms with Gasteiger partial charge in [-0.2, -0.15) is 10.2 Å². The number of aromatic nitrogens is 4. The molecule has 0 saturated heterocycles. The fourth-order valence-corrected chi connectivity index (χ4v) is 8.50. The van der Waals surface area contributed by atoms with E-state index in [0.717, 1.165) is 90.2 Å². The number of carbonyl (C=O) groups is 3. The number of aryl methyl sites for hydroxylation is 2. The Balaban J connectivity index is 0.000000179. The fourth-order valence-electron chi connectivity index (χ4n) is 8.50. The maximum Gasteiger partial charge on any atom is 0.407 e. The van der Waals surface area contributed by atoms with Crippen LogP contribution < -0.4 is 21.3 Å². The van der Waals surface area contributed by atoms with E-state index in [1.807, 2.05) is 64.1 Å². The van der Waals surface area contributed by atoms with E-state index in [0.29, 0.717) is 36.8 Å². The molecule has 2 fully saturated rings. The summed E-state index contributed by atoms with van der Waals surface area (Å²) >= 11 is 0. The molecule has 316 valence electrons. The summed E-state index contributed by atoms with van der Waals surface area (Å²) in [6.45, 7) is 7.63. The summed E-state index contributed by atoms with van der Waals surface area (Å²) < 4.78 is 38.1. The number of alkyl halides is 2. The van der Waals surface area contributed by atoms with Crippen LogP contribution in [0.15, 0.2) is 48.5 Å². The summed E-state index contributed by atoms with van der Waals surface area (Å²) in [7, 11) is 0. The molecule has 4 aliphatic rings. The van der Waals surface area contributed by atoms with Crippen molar-refractivity contribution in [1.29, 1.82) is 0 Å². The molecule has 8 rings (SSSR count). The summed E-state index contributed by atoms with van der Waals surface area (Å²) in [5, 5.41) is 27.0. The Morgan fingerprint density at radius 1 is 0.695 bits per heavy atom. The van der Waals surface area contributed by atoms with E-state index < -0.39 is 5.92 Å². The predicted octanol–water partition coefficient (Wildman–Crippen LogP) is 9.03. The summed E-state index contributed by atoms with van der Waals surface area (Å²) in [6, 6.07) is 15.8. The van der Waals surface area contributed by atoms with E-state index in [1.165, 1.54) is 5.56 Å². The molecule has 0 radical (unpaired) electrons. The van der Waals surface area contributed by atoms with E-state index in [2.05, 4.69) is 47.7 Å². The molecule has 13 nitrogen and oxygen atoms in total. The SMILES string of the molecule is CC(C)NC(=O)OC1CCC(c2cc(Nc3ccc4c(c3)CCC(F)(F)C4)n[nH]2)C1.CC(C)NC(=O)OC1CC[C@H](c2cc(Nc3ccc4c(c3)CC(=O)CC4)n[nH]2)C1. The second-order valence-corrected chi connectivity index (χ2v) is 17.1. The molecule has 4 aliphatic carbocycles. The summed E-state index contributed by atoms with van der Waals surface area (Å²) in [6.07, 6.45) is 6.37. The number of nitrogens with zero attached hydrogens (tertiary/aromatic N) is 2. The van der Waals surface area contributed by atoms with Gasteiger partial charge in [0, 0.05) is 84.5 Å². The van der Waals surface area contributed by atoms with Crippen LogP contribution in [0.25, 0.3) is 0 Å². The highest BCUT2D eigenvalue weighted by atomic mass is 19.3. The van der Waals surface area contributed by atoms with E-state index in [9.17, 15) is 23.2 Å². The van der Waals surface area contributed by atoms with Crippen molar-refractivity contribution in [2.75, 3.05) is 10.6 Å². The number of hydrogen-bond acceptors (Lipinski definition) is 9. The van der Waals surface area contributed by atoms with Gasteiger partial charge in [0.15, 0.2) is 11.6 Å². The zero-order chi connectivity index (χ0) is 41.7. The molecule has 4 aromatic rings. The number of ketones is 1. The van der Waals surface area contributed by atoms with Gasteiger partial charge in [-0.3, -0.25) is 15.0 Å². The number of anilines is 4. The number of amides is 2. The van der Waals surface area contributed by atoms with Crippen LogP contribution >= 0.6 is 0 Å². The number of benzene rings is 2. The summed E-state index contributed by atoms with van der Waals surface area (Å²) in [5.41, 5.74) is 7.90. The molecular formula is C44H56F2N8O5. The molecule has 0 spiro atoms. The van der Waals surface area contributed by atoms with Gasteiger partial charge in [-0.15, -0.1) is 0 Å². The fraction of sp³-hybridized carbons (Fsp3) is 0.523. The second-order valence-electron chi connectivity index (χ2n) is 17.1. The van der Waals surface area contributed by atoms with Crippen molar-refractivity contribution in [2.45, 2.75) is 147 Å². The van der Waals surface area contributed by atoms with Crippen LogP contribution in [0.2, 0.25) is 0 Å². The lowest BCUT2D eigenvalue weighted by molar-refractivity contribution is -0.118. The van der Waals surface area contributed by atoms with Gasteiger partial charge in [0.05, 0.1) is 0 Å². The van der Waals surface area contributed by atoms with E-state index in [4.69, 9.17) is 9.47 Å². The monoisotopic (exact) mass is 814 g/mol. The number of ether oxygens (including phenoxy) is 2. The van der Waals surface area contributed by atoms with Crippen molar-refractivity contribution in [3.63, 3.8) is 0 Å². The van der Waals surface area contributed by atoms with Crippen LogP contribution in [-0.2, 0) is 40.0 Å². The Labute approximate surface area is 343 Å². The smallest absolute Gasteiger partial charge is 0.407 e. The van der Waals surface area contributed by atoms with Gasteiger partial charge in [0.25, 0.3) is 5.92 Å². The molecule has 2 aromatic heterocycles. The van der Waals surface area contributed by atoms with Gasteiger partial charge in [-0.05, 0) is 126 Å². The minimum absolute atomic E-state index is 0.0519. The van der Waals surface area contributed by atoms with Crippen molar-refractivity contribution in [3.05, 3.63) is 82.2 Å². The Morgan fingerprint density at radius 3 is 1.76 bits per heavy atom. The first-order valence-electron chi connectivity index (χ1n) is 21.0. The Bertz CT molecular complexity index is 2120. The maximum atomic E-state index is 13.6. The quantitative estimate of drug-likeness (QED) is 0.0913. The van der Waals surface area contributed by atoms with Gasteiger partial charge in [0.1, 0.15) is 18.0 Å². The lowest BCUT2D eigenvalue weighted by atomic mass is 9.89. The molecule has 0 aliphatic heterocycles. The van der Waals surface area contributed by atoms with Crippen molar-refractivity contribution in [1.82, 2.24) is 31.0 Å². The van der Waals surface area contributed by atoms with Gasteiger partial charge < -0.3 is 30.7 Å². The zero-order valence-electron chi connectivity index (χ0n) is 34.3. The van der Waals surface area contributed by atoms with E-state index in [-0.39, 0.29) is 55.2 Å². The van der Waals surface area contributed by atoms with Crippen LogP contribution in [0.1, 0.15) is 125 Å². The van der Waals surface area contributed by atoms with Crippen molar-refractivity contribution in [3.8, 4) is 0 Å². The first-order valence-corrected chi connectivity index (χ1v) is 21.0. The molecule has 15 heteroatoms. The predicted molar refractivity (Wildman–Crippen MR) is 221 cm³/mol. The number of carbonyl (C=O) groups excluding carboxylic acids is 3. The van der Waals surface area contributed by atoms with Crippen LogP contribution in [-0.4, -0.2) is 68.6 Å². The highest BCUT2D eigenvalue weighted by Crippen LogP contribution is 2.38. The third-order valence-electron chi connectivity index (χ3n) is 11.4. The maximum absolute atomic E-state index is 13.6. The molecule has 3 unspecified atom stereocenters. The first-order chi connectivity index (χ1) is 28.2. The Hall–Kier alpha value is -5.47. The molecule has 2 saturated carbocycles. The largest absolute Gasteiger partial charge is 0.446 e. The molecule has 59 heavy (non-hydrogen) atoms. The zero-order valence-corrected chi connectivity index (χ0v) is 34.3. The number of fused-ring (bicyclic) bond motifs is 2. The van der Waals surface area contributed by atoms with Crippen LogP contribution in [0.4, 0.5) is 41.4 Å². The number of hydrogen-bond donors (Lipinski definition) is 6. The minimum atomic E-state index is -2.60. The molecule has 2 heterocycles. The lowest BCUT2D eigenvalue weighted by Gasteiger charge is -2.24. The number of aromatic amines is 2. The summed E-state index contributed by atoms with van der Waals surface area (Å²) in [4.78, 5) is 35.3. The highest BCUT2D eigenvalue weighted by Gasteiger charge is 2.34. The lowest BCUT2D eigenvalue weighted by Crippen LogP contribution is -2.33. The van der Waals surface area contributed by atoms with Crippen molar-refractivity contribution >= 4 is 41.0 Å². The second kappa shape index (κ2) is 18.2. The Kier molecular flexibility index (Phi) is 12.9. The van der Waals surface area contributed by atoms with E-state index in [1.54, 1.807) is 6.07 Å². The highest BCUT2D eigenvalue weighted by molar-refractivity contribution is 5.83. The van der Waals surface area contributed by atoms with E-state index >= 15 is 0 Å². The molecular weight excluding hydrogens is 759 g/mol. The average Bonchev–Trinajstić information content (AvgIpc) is 4.00. The van der Waals surface area contributed by atoms with Gasteiger partial charge in [-0.1, -0.05) is 12.1 Å². The molecule has 6 N–H and O–H groups in total. The Morgan fingerprint density at radius 2 is 1.22 bits per heavy atom. The van der Waals surface area contributed by atoms with Gasteiger partial charge in [-0.25, -0.2) is 18.4 Å². The van der Waals surface area contributed by atoms with Crippen molar-refractivity contribution < 1.29 is 32.6 Å². The summed E-state index contributed by atoms with van der Waals surface area (Å²) in [5.74, 6) is -0.294. The van der Waals surface area contributed by atoms with Gasteiger partial charge >= 0.3 is 12.2 Å². The standard InChI is InChI=1S/C22H28F2N4O2.C22H28N4O3/c1-13(2)25-21(29)30-18-6-4-15(10-18)19-11-20(28-27-19)26-17-5-3-16-12-22(23,24)8-7-14(16)9-17;1-13(2)23-22(28)29-19-8-5-15(11-19)20-12-21(26-25-20)24-17-6-3-14-4-7-18(27)10-16(14)9-17/h3,5,9,11,13,15,18H,4,6-8,10,12H2,1-2H3,(H,25,29)(H2,26,27,28);3,6,9,12-13,15,19H,4-5,7-8,10-11H2,1-2H3,(H,23,28)(H2,24,25,26)/t;15-,19?/m.0/s1. The number of H-pyrrole nitrogens is 2.